The number of nitrogens with zero attached hydrogens (tertiary/aromatic N) is 1. The fourth-order valence-corrected chi connectivity index (χ4v) is 3.61. The lowest BCUT2D eigenvalue weighted by Gasteiger charge is -2.36. The van der Waals surface area contributed by atoms with E-state index in [4.69, 9.17) is 16.3 Å². The standard InChI is InChI=1S/C13H18ClNO2S/c1-9-3-5-13(17-2,6-4-9)12-15-10(8-18-12)11(16)7-14/h8-9H,3-7H2,1-2H3. The molecule has 18 heavy (non-hydrogen) atoms. The first-order valence-corrected chi connectivity index (χ1v) is 7.63. The van der Waals surface area contributed by atoms with E-state index in [2.05, 4.69) is 11.9 Å². The number of carbonyl (C=O) groups is 1. The van der Waals surface area contributed by atoms with Crippen molar-refractivity contribution in [3.63, 3.8) is 0 Å². The van der Waals surface area contributed by atoms with Crippen LogP contribution in [0.25, 0.3) is 0 Å². The minimum absolute atomic E-state index is 0.0137. The number of halogens is 1. The van der Waals surface area contributed by atoms with Crippen LogP contribution in [0.1, 0.15) is 48.1 Å². The van der Waals surface area contributed by atoms with Gasteiger partial charge in [-0.25, -0.2) is 4.98 Å². The Morgan fingerprint density at radius 1 is 1.61 bits per heavy atom. The summed E-state index contributed by atoms with van der Waals surface area (Å²) in [6.07, 6.45) is 4.25. The van der Waals surface area contributed by atoms with E-state index in [1.807, 2.05) is 0 Å². The first kappa shape index (κ1) is 14.0. The number of thiazole rings is 1. The zero-order valence-electron chi connectivity index (χ0n) is 10.7. The molecule has 100 valence electrons. The van der Waals surface area contributed by atoms with E-state index in [0.29, 0.717) is 5.69 Å². The Morgan fingerprint density at radius 2 is 2.28 bits per heavy atom. The summed E-state index contributed by atoms with van der Waals surface area (Å²) in [4.78, 5) is 16.0. The molecule has 0 spiro atoms. The molecule has 1 aliphatic carbocycles. The van der Waals surface area contributed by atoms with Gasteiger partial charge >= 0.3 is 0 Å². The van der Waals surface area contributed by atoms with Crippen molar-refractivity contribution in [2.45, 2.75) is 38.2 Å². The van der Waals surface area contributed by atoms with E-state index in [0.717, 1.165) is 36.6 Å². The van der Waals surface area contributed by atoms with Crippen LogP contribution in [0.5, 0.6) is 0 Å². The van der Waals surface area contributed by atoms with Gasteiger partial charge in [0.1, 0.15) is 16.3 Å². The number of hydrogen-bond acceptors (Lipinski definition) is 4. The minimum atomic E-state index is -0.290. The van der Waals surface area contributed by atoms with Crippen molar-refractivity contribution in [2.75, 3.05) is 13.0 Å². The number of rotatable bonds is 4. The molecule has 0 aromatic carbocycles. The number of aromatic nitrogens is 1. The van der Waals surface area contributed by atoms with Crippen molar-refractivity contribution in [3.05, 3.63) is 16.1 Å². The Kier molecular flexibility index (Phi) is 4.41. The summed E-state index contributed by atoms with van der Waals surface area (Å²) in [5.74, 6) is 0.618. The Balaban J connectivity index is 2.22. The lowest BCUT2D eigenvalue weighted by molar-refractivity contribution is -0.0531. The van der Waals surface area contributed by atoms with E-state index in [1.165, 1.54) is 11.3 Å². The predicted octanol–water partition coefficient (Wildman–Crippen LogP) is 3.62. The van der Waals surface area contributed by atoms with E-state index >= 15 is 0 Å². The molecule has 1 fully saturated rings. The van der Waals surface area contributed by atoms with Crippen LogP contribution in [-0.4, -0.2) is 23.8 Å². The van der Waals surface area contributed by atoms with E-state index in [-0.39, 0.29) is 17.3 Å². The van der Waals surface area contributed by atoms with Crippen molar-refractivity contribution in [1.29, 1.82) is 0 Å². The molecule has 0 radical (unpaired) electrons. The van der Waals surface area contributed by atoms with Crippen LogP contribution in [0.4, 0.5) is 0 Å². The SMILES string of the molecule is COC1(c2nc(C(=O)CCl)cs2)CCC(C)CC1. The third-order valence-corrected chi connectivity index (χ3v) is 5.04. The number of carbonyl (C=O) groups excluding carboxylic acids is 1. The fraction of sp³-hybridized carbons (Fsp3) is 0.692. The molecule has 1 heterocycles. The molecule has 3 nitrogen and oxygen atoms in total. The minimum Gasteiger partial charge on any atom is -0.371 e. The summed E-state index contributed by atoms with van der Waals surface area (Å²) in [7, 11) is 1.74. The van der Waals surface area contributed by atoms with Crippen LogP contribution in [0.3, 0.4) is 0 Å². The molecule has 1 aromatic rings. The second-order valence-corrected chi connectivity index (χ2v) is 6.10. The van der Waals surface area contributed by atoms with Gasteiger partial charge in [-0.1, -0.05) is 6.92 Å². The van der Waals surface area contributed by atoms with Gasteiger partial charge in [-0.3, -0.25) is 4.79 Å². The van der Waals surface area contributed by atoms with Crippen LogP contribution in [0.2, 0.25) is 0 Å². The molecule has 1 aliphatic rings. The van der Waals surface area contributed by atoms with Crippen molar-refractivity contribution >= 4 is 28.7 Å². The topological polar surface area (TPSA) is 39.2 Å². The Hall–Kier alpha value is -0.450. The van der Waals surface area contributed by atoms with Crippen LogP contribution in [0, 0.1) is 5.92 Å². The van der Waals surface area contributed by atoms with Crippen molar-refractivity contribution in [1.82, 2.24) is 4.98 Å². The first-order valence-electron chi connectivity index (χ1n) is 6.21. The molecule has 0 amide bonds. The van der Waals surface area contributed by atoms with E-state index in [9.17, 15) is 4.79 Å². The smallest absolute Gasteiger partial charge is 0.196 e. The Bertz CT molecular complexity index is 424. The number of alkyl halides is 1. The van der Waals surface area contributed by atoms with Gasteiger partial charge in [-0.15, -0.1) is 22.9 Å². The maximum atomic E-state index is 11.5. The Labute approximate surface area is 117 Å². The zero-order chi connectivity index (χ0) is 13.2. The fourth-order valence-electron chi connectivity index (χ4n) is 2.41. The molecule has 5 heteroatoms. The largest absolute Gasteiger partial charge is 0.371 e. The summed E-state index contributed by atoms with van der Waals surface area (Å²) >= 11 is 7.06. The second kappa shape index (κ2) is 5.68. The average molecular weight is 288 g/mol. The highest BCUT2D eigenvalue weighted by atomic mass is 35.5. The molecular weight excluding hydrogens is 270 g/mol. The highest BCUT2D eigenvalue weighted by molar-refractivity contribution is 7.10. The van der Waals surface area contributed by atoms with Gasteiger partial charge in [0.15, 0.2) is 5.78 Å². The lowest BCUT2D eigenvalue weighted by atomic mass is 9.80. The van der Waals surface area contributed by atoms with Crippen molar-refractivity contribution < 1.29 is 9.53 Å². The van der Waals surface area contributed by atoms with Crippen LogP contribution >= 0.6 is 22.9 Å². The van der Waals surface area contributed by atoms with Gasteiger partial charge in [-0.05, 0) is 31.6 Å². The number of ketones is 1. The third kappa shape index (κ3) is 2.60. The molecule has 1 aromatic heterocycles. The Morgan fingerprint density at radius 3 is 2.83 bits per heavy atom. The molecule has 1 saturated carbocycles. The molecule has 0 bridgehead atoms. The monoisotopic (exact) mass is 287 g/mol. The van der Waals surface area contributed by atoms with Gasteiger partial charge in [0, 0.05) is 12.5 Å². The van der Waals surface area contributed by atoms with Crippen LogP contribution < -0.4 is 0 Å². The molecule has 0 N–H and O–H groups in total. The van der Waals surface area contributed by atoms with Gasteiger partial charge in [0.05, 0.1) is 5.88 Å². The van der Waals surface area contributed by atoms with E-state index in [1.54, 1.807) is 12.5 Å². The molecule has 0 saturated heterocycles. The molecule has 0 unspecified atom stereocenters. The number of hydrogen-bond donors (Lipinski definition) is 0. The second-order valence-electron chi connectivity index (χ2n) is 4.98. The quantitative estimate of drug-likeness (QED) is 0.627. The lowest BCUT2D eigenvalue weighted by Crippen LogP contribution is -2.33. The summed E-state index contributed by atoms with van der Waals surface area (Å²) in [5, 5.41) is 2.71. The first-order chi connectivity index (χ1) is 8.61. The summed E-state index contributed by atoms with van der Waals surface area (Å²) in [5.41, 5.74) is 0.183. The average Bonchev–Trinajstić information content (AvgIpc) is 2.89. The normalized spacial score (nSPS) is 28.3. The zero-order valence-corrected chi connectivity index (χ0v) is 12.3. The maximum Gasteiger partial charge on any atom is 0.196 e. The van der Waals surface area contributed by atoms with Gasteiger partial charge in [0.25, 0.3) is 0 Å². The molecule has 0 atom stereocenters. The summed E-state index contributed by atoms with van der Waals surface area (Å²) in [6, 6.07) is 0. The number of methoxy groups -OCH3 is 1. The van der Waals surface area contributed by atoms with Gasteiger partial charge in [-0.2, -0.15) is 0 Å². The van der Waals surface area contributed by atoms with Gasteiger partial charge < -0.3 is 4.74 Å². The van der Waals surface area contributed by atoms with Gasteiger partial charge in [0.2, 0.25) is 0 Å². The number of ether oxygens (including phenoxy) is 1. The molecule has 2 rings (SSSR count). The molecule has 0 aliphatic heterocycles. The number of Topliss-reactive ketones (excluding diaryl/α,β-unsaturated/α-hetero) is 1. The van der Waals surface area contributed by atoms with E-state index < -0.39 is 0 Å². The van der Waals surface area contributed by atoms with Crippen LogP contribution in [-0.2, 0) is 10.3 Å². The third-order valence-electron chi connectivity index (χ3n) is 3.77. The molecular formula is C13H18ClNO2S. The van der Waals surface area contributed by atoms with Crippen LogP contribution in [0.15, 0.2) is 5.38 Å². The van der Waals surface area contributed by atoms with Crippen molar-refractivity contribution in [3.8, 4) is 0 Å². The highest BCUT2D eigenvalue weighted by Gasteiger charge is 2.38. The highest BCUT2D eigenvalue weighted by Crippen LogP contribution is 2.43. The van der Waals surface area contributed by atoms with Crippen molar-refractivity contribution in [2.24, 2.45) is 5.92 Å². The summed E-state index contributed by atoms with van der Waals surface area (Å²) in [6.45, 7) is 2.27. The maximum absolute atomic E-state index is 11.5. The predicted molar refractivity (Wildman–Crippen MR) is 73.5 cm³/mol. The summed E-state index contributed by atoms with van der Waals surface area (Å²) < 4.78 is 5.74.